The van der Waals surface area contributed by atoms with E-state index in [1.54, 1.807) is 0 Å². The summed E-state index contributed by atoms with van der Waals surface area (Å²) in [6.07, 6.45) is 2.12. The number of nitrogens with one attached hydrogen (secondary N) is 1. The fourth-order valence-electron chi connectivity index (χ4n) is 1.88. The number of hydrogen-bond donors (Lipinski definition) is 2. The number of likely N-dealkylation sites (tertiary alicyclic amines) is 1. The molecule has 0 aromatic heterocycles. The van der Waals surface area contributed by atoms with Crippen LogP contribution in [-0.4, -0.2) is 55.7 Å². The Morgan fingerprint density at radius 3 is 2.94 bits per heavy atom. The van der Waals surface area contributed by atoms with Gasteiger partial charge in [-0.2, -0.15) is 0 Å². The van der Waals surface area contributed by atoms with E-state index in [1.165, 1.54) is 0 Å². The van der Waals surface area contributed by atoms with Gasteiger partial charge >= 0.3 is 0 Å². The molecule has 1 heterocycles. The monoisotopic (exact) mass is 243 g/mol. The van der Waals surface area contributed by atoms with Crippen LogP contribution in [0, 0.1) is 0 Å². The van der Waals surface area contributed by atoms with E-state index in [0.29, 0.717) is 19.7 Å². The van der Waals surface area contributed by atoms with Crippen LogP contribution in [0.5, 0.6) is 0 Å². The first kappa shape index (κ1) is 14.4. The Bertz CT molecular complexity index is 234. The van der Waals surface area contributed by atoms with Crippen molar-refractivity contribution in [2.75, 3.05) is 32.8 Å². The minimum Gasteiger partial charge on any atom is -0.379 e. The van der Waals surface area contributed by atoms with Gasteiger partial charge in [-0.1, -0.05) is 0 Å². The van der Waals surface area contributed by atoms with Crippen LogP contribution >= 0.6 is 0 Å². The lowest BCUT2D eigenvalue weighted by Gasteiger charge is -2.14. The predicted octanol–water partition coefficient (Wildman–Crippen LogP) is -0.0493. The highest BCUT2D eigenvalue weighted by Crippen LogP contribution is 2.05. The molecule has 0 spiro atoms. The lowest BCUT2D eigenvalue weighted by Crippen LogP contribution is -2.37. The van der Waals surface area contributed by atoms with Crippen LogP contribution in [0.15, 0.2) is 0 Å². The summed E-state index contributed by atoms with van der Waals surface area (Å²) in [5.41, 5.74) is 5.78. The number of carbonyl (C=O) groups excluding carboxylic acids is 1. The number of nitrogens with two attached hydrogens (primary N) is 1. The Hall–Kier alpha value is -0.650. The summed E-state index contributed by atoms with van der Waals surface area (Å²) < 4.78 is 5.39. The molecular formula is C12H25N3O2. The Labute approximate surface area is 104 Å². The van der Waals surface area contributed by atoms with Gasteiger partial charge in [0.15, 0.2) is 0 Å². The quantitative estimate of drug-likeness (QED) is 0.615. The molecular weight excluding hydrogens is 218 g/mol. The summed E-state index contributed by atoms with van der Waals surface area (Å²) in [6.45, 7) is 7.65. The number of nitrogens with zero attached hydrogens (tertiary/aromatic N) is 1. The maximum absolute atomic E-state index is 11.6. The van der Waals surface area contributed by atoms with E-state index in [-0.39, 0.29) is 18.1 Å². The summed E-state index contributed by atoms with van der Waals surface area (Å²) in [5.74, 6) is 0.0867. The summed E-state index contributed by atoms with van der Waals surface area (Å²) in [4.78, 5) is 13.7. The average Bonchev–Trinajstić information content (AvgIpc) is 2.63. The van der Waals surface area contributed by atoms with Crippen LogP contribution in [0.3, 0.4) is 0 Å². The molecule has 100 valence electrons. The lowest BCUT2D eigenvalue weighted by atomic mass is 10.3. The van der Waals surface area contributed by atoms with Crippen molar-refractivity contribution in [2.45, 2.75) is 38.8 Å². The number of hydrogen-bond acceptors (Lipinski definition) is 4. The number of amides is 1. The summed E-state index contributed by atoms with van der Waals surface area (Å²) in [6, 6.07) is 0.238. The summed E-state index contributed by atoms with van der Waals surface area (Å²) in [7, 11) is 0. The van der Waals surface area contributed by atoms with Crippen molar-refractivity contribution >= 4 is 5.91 Å². The molecule has 0 saturated carbocycles. The van der Waals surface area contributed by atoms with E-state index >= 15 is 0 Å². The zero-order valence-electron chi connectivity index (χ0n) is 10.9. The van der Waals surface area contributed by atoms with Crippen LogP contribution in [0.2, 0.25) is 0 Å². The zero-order valence-corrected chi connectivity index (χ0v) is 10.9. The van der Waals surface area contributed by atoms with Gasteiger partial charge in [-0.15, -0.1) is 0 Å². The van der Waals surface area contributed by atoms with Gasteiger partial charge in [-0.3, -0.25) is 9.69 Å². The largest absolute Gasteiger partial charge is 0.379 e. The van der Waals surface area contributed by atoms with Gasteiger partial charge < -0.3 is 15.8 Å². The molecule has 3 N–H and O–H groups in total. The SMILES string of the molecule is CC(C)OCCCNC(=O)CN1CC[C@H](N)C1. The number of ether oxygens (including phenoxy) is 1. The maximum Gasteiger partial charge on any atom is 0.234 e. The standard InChI is InChI=1S/C12H25N3O2/c1-10(2)17-7-3-5-14-12(16)9-15-6-4-11(13)8-15/h10-11H,3-9,13H2,1-2H3,(H,14,16)/t11-/m0/s1. The zero-order chi connectivity index (χ0) is 12.7. The molecule has 0 aromatic rings. The third-order valence-corrected chi connectivity index (χ3v) is 2.77. The fourth-order valence-corrected chi connectivity index (χ4v) is 1.88. The van der Waals surface area contributed by atoms with Crippen molar-refractivity contribution < 1.29 is 9.53 Å². The second kappa shape index (κ2) is 7.63. The van der Waals surface area contributed by atoms with Crippen molar-refractivity contribution in [2.24, 2.45) is 5.73 Å². The van der Waals surface area contributed by atoms with Gasteiger partial charge in [0.05, 0.1) is 12.6 Å². The second-order valence-corrected chi connectivity index (χ2v) is 4.91. The van der Waals surface area contributed by atoms with E-state index in [2.05, 4.69) is 10.2 Å². The summed E-state index contributed by atoms with van der Waals surface area (Å²) in [5, 5.41) is 2.90. The van der Waals surface area contributed by atoms with Gasteiger partial charge in [-0.25, -0.2) is 0 Å². The minimum atomic E-state index is 0.0867. The highest BCUT2D eigenvalue weighted by molar-refractivity contribution is 5.78. The highest BCUT2D eigenvalue weighted by atomic mass is 16.5. The van der Waals surface area contributed by atoms with Gasteiger partial charge in [0, 0.05) is 32.3 Å². The van der Waals surface area contributed by atoms with Gasteiger partial charge in [0.25, 0.3) is 0 Å². The molecule has 17 heavy (non-hydrogen) atoms. The van der Waals surface area contributed by atoms with E-state index < -0.39 is 0 Å². The molecule has 5 nitrogen and oxygen atoms in total. The van der Waals surface area contributed by atoms with E-state index in [0.717, 1.165) is 25.9 Å². The van der Waals surface area contributed by atoms with E-state index in [4.69, 9.17) is 10.5 Å². The average molecular weight is 243 g/mol. The van der Waals surface area contributed by atoms with Crippen LogP contribution in [0.4, 0.5) is 0 Å². The Kier molecular flexibility index (Phi) is 6.47. The first-order valence-electron chi connectivity index (χ1n) is 6.44. The van der Waals surface area contributed by atoms with Gasteiger partial charge in [0.2, 0.25) is 5.91 Å². The molecule has 0 aromatic carbocycles. The van der Waals surface area contributed by atoms with Crippen molar-refractivity contribution in [1.82, 2.24) is 10.2 Å². The molecule has 1 fully saturated rings. The normalized spacial score (nSPS) is 21.1. The molecule has 1 rings (SSSR count). The Morgan fingerprint density at radius 2 is 2.35 bits per heavy atom. The topological polar surface area (TPSA) is 67.6 Å². The molecule has 1 saturated heterocycles. The Balaban J connectivity index is 1.98. The van der Waals surface area contributed by atoms with Crippen molar-refractivity contribution in [3.8, 4) is 0 Å². The molecule has 0 unspecified atom stereocenters. The number of carbonyl (C=O) groups is 1. The van der Waals surface area contributed by atoms with Crippen LogP contribution in [0.25, 0.3) is 0 Å². The van der Waals surface area contributed by atoms with Crippen molar-refractivity contribution in [3.05, 3.63) is 0 Å². The van der Waals surface area contributed by atoms with Crippen LogP contribution < -0.4 is 11.1 Å². The molecule has 0 aliphatic carbocycles. The molecule has 1 amide bonds. The highest BCUT2D eigenvalue weighted by Gasteiger charge is 2.20. The molecule has 1 atom stereocenters. The minimum absolute atomic E-state index is 0.0867. The van der Waals surface area contributed by atoms with Crippen molar-refractivity contribution in [3.63, 3.8) is 0 Å². The van der Waals surface area contributed by atoms with Crippen molar-refractivity contribution in [1.29, 1.82) is 0 Å². The molecule has 1 aliphatic heterocycles. The third-order valence-electron chi connectivity index (χ3n) is 2.77. The van der Waals surface area contributed by atoms with E-state index in [1.807, 2.05) is 13.8 Å². The molecule has 1 aliphatic rings. The number of rotatable bonds is 7. The van der Waals surface area contributed by atoms with Crippen LogP contribution in [0.1, 0.15) is 26.7 Å². The first-order valence-corrected chi connectivity index (χ1v) is 6.44. The second-order valence-electron chi connectivity index (χ2n) is 4.91. The lowest BCUT2D eigenvalue weighted by molar-refractivity contribution is -0.122. The molecule has 0 bridgehead atoms. The first-order chi connectivity index (χ1) is 8.08. The maximum atomic E-state index is 11.6. The van der Waals surface area contributed by atoms with Crippen LogP contribution in [-0.2, 0) is 9.53 Å². The predicted molar refractivity (Wildman–Crippen MR) is 67.7 cm³/mol. The van der Waals surface area contributed by atoms with Gasteiger partial charge in [-0.05, 0) is 26.7 Å². The molecule has 5 heteroatoms. The fraction of sp³-hybridized carbons (Fsp3) is 0.917. The third kappa shape index (κ3) is 6.61. The Morgan fingerprint density at radius 1 is 1.59 bits per heavy atom. The smallest absolute Gasteiger partial charge is 0.234 e. The van der Waals surface area contributed by atoms with E-state index in [9.17, 15) is 4.79 Å². The van der Waals surface area contributed by atoms with Gasteiger partial charge in [0.1, 0.15) is 0 Å². The summed E-state index contributed by atoms with van der Waals surface area (Å²) >= 11 is 0. The molecule has 0 radical (unpaired) electrons.